The van der Waals surface area contributed by atoms with Crippen LogP contribution < -0.4 is 5.32 Å². The van der Waals surface area contributed by atoms with Crippen molar-refractivity contribution in [2.24, 2.45) is 0 Å². The summed E-state index contributed by atoms with van der Waals surface area (Å²) in [5.74, 6) is -0.882. The van der Waals surface area contributed by atoms with E-state index in [1.54, 1.807) is 6.07 Å². The van der Waals surface area contributed by atoms with Gasteiger partial charge in [-0.25, -0.2) is 4.39 Å². The van der Waals surface area contributed by atoms with Gasteiger partial charge in [-0.15, -0.1) is 0 Å². The molecule has 5 heteroatoms. The van der Waals surface area contributed by atoms with Gasteiger partial charge >= 0.3 is 0 Å². The van der Waals surface area contributed by atoms with Gasteiger partial charge in [0.15, 0.2) is 0 Å². The van der Waals surface area contributed by atoms with E-state index in [0.717, 1.165) is 5.56 Å². The molecule has 2 aromatic carbocycles. The van der Waals surface area contributed by atoms with Crippen molar-refractivity contribution in [3.05, 3.63) is 59.9 Å². The number of hydrogen-bond acceptors (Lipinski definition) is 2. The maximum atomic E-state index is 12.8. The molecular weight excluding hydrogens is 277 g/mol. The number of aryl methyl sites for hydroxylation is 1. The fraction of sp³-hybridized carbons (Fsp3) is 0.133. The first-order chi connectivity index (χ1) is 9.54. The van der Waals surface area contributed by atoms with Gasteiger partial charge < -0.3 is 5.32 Å². The summed E-state index contributed by atoms with van der Waals surface area (Å²) in [5.41, 5.74) is 1.70. The van der Waals surface area contributed by atoms with E-state index in [9.17, 15) is 13.4 Å². The summed E-state index contributed by atoms with van der Waals surface area (Å²) >= 11 is 0. The van der Waals surface area contributed by atoms with Crippen molar-refractivity contribution in [1.82, 2.24) is 0 Å². The Bertz CT molecular complexity index is 641. The molecule has 0 heterocycles. The minimum absolute atomic E-state index is 0.153. The van der Waals surface area contributed by atoms with Crippen LogP contribution in [-0.4, -0.2) is 15.9 Å². The normalized spacial score (nSPS) is 11.9. The van der Waals surface area contributed by atoms with Crippen LogP contribution in [0, 0.1) is 12.7 Å². The second-order valence-corrected chi connectivity index (χ2v) is 5.81. The molecule has 0 radical (unpaired) electrons. The molecule has 0 saturated heterocycles. The molecule has 0 bridgehead atoms. The molecule has 0 fully saturated rings. The first-order valence-corrected chi connectivity index (χ1v) is 7.37. The highest BCUT2D eigenvalue weighted by molar-refractivity contribution is 7.85. The maximum absolute atomic E-state index is 12.8. The van der Waals surface area contributed by atoms with Crippen LogP contribution in [0.4, 0.5) is 10.1 Å². The van der Waals surface area contributed by atoms with Crippen LogP contribution in [0.1, 0.15) is 5.56 Å². The Morgan fingerprint density at radius 2 is 1.90 bits per heavy atom. The molecule has 2 rings (SSSR count). The standard InChI is InChI=1S/C15H14FNO2S/c1-11-3-2-4-13(9-11)17-15(18)10-20(19)14-7-5-12(16)6-8-14/h2-9H,10H2,1H3,(H,17,18). The number of benzene rings is 2. The lowest BCUT2D eigenvalue weighted by Crippen LogP contribution is -2.19. The van der Waals surface area contributed by atoms with Crippen LogP contribution >= 0.6 is 0 Å². The molecular formula is C15H14FNO2S. The monoisotopic (exact) mass is 291 g/mol. The van der Waals surface area contributed by atoms with Gasteiger partial charge in [-0.05, 0) is 48.9 Å². The number of halogens is 1. The predicted octanol–water partition coefficient (Wildman–Crippen LogP) is 2.88. The summed E-state index contributed by atoms with van der Waals surface area (Å²) in [5, 5.41) is 2.69. The van der Waals surface area contributed by atoms with E-state index in [2.05, 4.69) is 5.32 Å². The van der Waals surface area contributed by atoms with Crippen molar-refractivity contribution in [3.8, 4) is 0 Å². The number of nitrogens with one attached hydrogen (secondary N) is 1. The Morgan fingerprint density at radius 3 is 2.55 bits per heavy atom. The Balaban J connectivity index is 1.97. The molecule has 104 valence electrons. The molecule has 2 aromatic rings. The summed E-state index contributed by atoms with van der Waals surface area (Å²) in [6, 6.07) is 12.7. The van der Waals surface area contributed by atoms with Crippen LogP contribution in [-0.2, 0) is 15.6 Å². The van der Waals surface area contributed by atoms with Crippen molar-refractivity contribution < 1.29 is 13.4 Å². The molecule has 0 spiro atoms. The number of carbonyl (C=O) groups is 1. The van der Waals surface area contributed by atoms with Crippen LogP contribution in [0.25, 0.3) is 0 Å². The summed E-state index contributed by atoms with van der Waals surface area (Å²) in [6.07, 6.45) is 0. The second kappa shape index (κ2) is 6.43. The van der Waals surface area contributed by atoms with Crippen LogP contribution in [0.5, 0.6) is 0 Å². The molecule has 0 aliphatic rings. The van der Waals surface area contributed by atoms with Gasteiger partial charge in [0, 0.05) is 10.6 Å². The van der Waals surface area contributed by atoms with Gasteiger partial charge in [0.2, 0.25) is 5.91 Å². The second-order valence-electron chi connectivity index (χ2n) is 4.36. The van der Waals surface area contributed by atoms with Gasteiger partial charge in [-0.2, -0.15) is 0 Å². The van der Waals surface area contributed by atoms with E-state index in [-0.39, 0.29) is 11.7 Å². The largest absolute Gasteiger partial charge is 0.325 e. The first-order valence-electron chi connectivity index (χ1n) is 6.05. The van der Waals surface area contributed by atoms with Crippen LogP contribution in [0.15, 0.2) is 53.4 Å². The fourth-order valence-corrected chi connectivity index (χ4v) is 2.63. The molecule has 1 atom stereocenters. The zero-order valence-electron chi connectivity index (χ0n) is 10.9. The zero-order chi connectivity index (χ0) is 14.5. The molecule has 0 saturated carbocycles. The highest BCUT2D eigenvalue weighted by Crippen LogP contribution is 2.11. The average molecular weight is 291 g/mol. The van der Waals surface area contributed by atoms with Gasteiger partial charge in [0.05, 0.1) is 10.8 Å². The van der Waals surface area contributed by atoms with Crippen LogP contribution in [0.3, 0.4) is 0 Å². The Morgan fingerprint density at radius 1 is 1.20 bits per heavy atom. The van der Waals surface area contributed by atoms with Crippen molar-refractivity contribution in [3.63, 3.8) is 0 Å². The Labute approximate surface area is 119 Å². The highest BCUT2D eigenvalue weighted by Gasteiger charge is 2.10. The minimum atomic E-state index is -1.48. The quantitative estimate of drug-likeness (QED) is 0.941. The van der Waals surface area contributed by atoms with E-state index in [1.165, 1.54) is 24.3 Å². The van der Waals surface area contributed by atoms with Crippen molar-refractivity contribution in [2.75, 3.05) is 11.1 Å². The predicted molar refractivity (Wildman–Crippen MR) is 77.5 cm³/mol. The molecule has 1 unspecified atom stereocenters. The molecule has 0 aromatic heterocycles. The first kappa shape index (κ1) is 14.4. The summed E-state index contributed by atoms with van der Waals surface area (Å²) < 4.78 is 24.7. The number of amides is 1. The smallest absolute Gasteiger partial charge is 0.237 e. The van der Waals surface area contributed by atoms with E-state index in [1.807, 2.05) is 25.1 Å². The highest BCUT2D eigenvalue weighted by atomic mass is 32.2. The number of anilines is 1. The van der Waals surface area contributed by atoms with Gasteiger partial charge in [0.25, 0.3) is 0 Å². The SMILES string of the molecule is Cc1cccc(NC(=O)CS(=O)c2ccc(F)cc2)c1. The van der Waals surface area contributed by atoms with Crippen molar-refractivity contribution in [2.45, 2.75) is 11.8 Å². The summed E-state index contributed by atoms with van der Waals surface area (Å²) in [4.78, 5) is 12.2. The minimum Gasteiger partial charge on any atom is -0.325 e. The molecule has 20 heavy (non-hydrogen) atoms. The van der Waals surface area contributed by atoms with E-state index >= 15 is 0 Å². The van der Waals surface area contributed by atoms with Gasteiger partial charge in [-0.1, -0.05) is 12.1 Å². The molecule has 1 N–H and O–H groups in total. The third-order valence-corrected chi connectivity index (χ3v) is 3.96. The zero-order valence-corrected chi connectivity index (χ0v) is 11.7. The van der Waals surface area contributed by atoms with Crippen molar-refractivity contribution >= 4 is 22.4 Å². The van der Waals surface area contributed by atoms with Gasteiger partial charge in [0.1, 0.15) is 11.6 Å². The van der Waals surface area contributed by atoms with E-state index in [0.29, 0.717) is 10.6 Å². The third-order valence-electron chi connectivity index (χ3n) is 2.64. The van der Waals surface area contributed by atoms with E-state index < -0.39 is 16.6 Å². The van der Waals surface area contributed by atoms with Gasteiger partial charge in [-0.3, -0.25) is 9.00 Å². The molecule has 3 nitrogen and oxygen atoms in total. The lowest BCUT2D eigenvalue weighted by atomic mass is 10.2. The third kappa shape index (κ3) is 3.99. The maximum Gasteiger partial charge on any atom is 0.237 e. The molecule has 0 aliphatic carbocycles. The van der Waals surface area contributed by atoms with E-state index in [4.69, 9.17) is 0 Å². The number of carbonyl (C=O) groups excluding carboxylic acids is 1. The lowest BCUT2D eigenvalue weighted by molar-refractivity contribution is -0.113. The van der Waals surface area contributed by atoms with Crippen LogP contribution in [0.2, 0.25) is 0 Å². The van der Waals surface area contributed by atoms with Crippen molar-refractivity contribution in [1.29, 1.82) is 0 Å². The average Bonchev–Trinajstić information content (AvgIpc) is 2.39. The Hall–Kier alpha value is -2.01. The fourth-order valence-electron chi connectivity index (χ4n) is 1.71. The Kier molecular flexibility index (Phi) is 4.63. The lowest BCUT2D eigenvalue weighted by Gasteiger charge is -2.06. The topological polar surface area (TPSA) is 46.2 Å². The summed E-state index contributed by atoms with van der Waals surface area (Å²) in [6.45, 7) is 1.92. The number of hydrogen-bond donors (Lipinski definition) is 1. The summed E-state index contributed by atoms with van der Waals surface area (Å²) in [7, 11) is -1.48. The number of rotatable bonds is 4. The molecule has 1 amide bonds. The molecule has 0 aliphatic heterocycles.